The number of rotatable bonds is 6. The second kappa shape index (κ2) is 8.81. The molecule has 0 atom stereocenters. The van der Waals surface area contributed by atoms with Crippen molar-refractivity contribution in [3.05, 3.63) is 58.1 Å². The predicted octanol–water partition coefficient (Wildman–Crippen LogP) is 3.19. The topological polar surface area (TPSA) is 54.9 Å². The molecule has 0 saturated heterocycles. The summed E-state index contributed by atoms with van der Waals surface area (Å²) in [6.45, 7) is 2.20. The molecule has 0 amide bonds. The molecule has 0 bridgehead atoms. The van der Waals surface area contributed by atoms with Crippen LogP contribution in [0.15, 0.2) is 41.4 Å². The molecule has 3 rings (SSSR count). The Hall–Kier alpha value is -2.40. The van der Waals surface area contributed by atoms with E-state index in [9.17, 15) is 0 Å². The van der Waals surface area contributed by atoms with Crippen molar-refractivity contribution < 1.29 is 9.47 Å². The summed E-state index contributed by atoms with van der Waals surface area (Å²) in [5.74, 6) is 2.54. The van der Waals surface area contributed by atoms with Crippen molar-refractivity contribution in [1.29, 1.82) is 0 Å². The molecule has 26 heavy (non-hydrogen) atoms. The monoisotopic (exact) mass is 373 g/mol. The molecule has 1 heterocycles. The molecule has 138 valence electrons. The van der Waals surface area contributed by atoms with Gasteiger partial charge in [0.25, 0.3) is 0 Å². The van der Waals surface area contributed by atoms with Gasteiger partial charge in [-0.1, -0.05) is 29.8 Å². The van der Waals surface area contributed by atoms with E-state index < -0.39 is 0 Å². The summed E-state index contributed by atoms with van der Waals surface area (Å²) < 4.78 is 10.9. The predicted molar refractivity (Wildman–Crippen MR) is 106 cm³/mol. The highest BCUT2D eigenvalue weighted by Crippen LogP contribution is 2.26. The van der Waals surface area contributed by atoms with Crippen LogP contribution < -0.4 is 20.1 Å². The molecule has 0 saturated carbocycles. The quantitative estimate of drug-likeness (QED) is 0.603. The van der Waals surface area contributed by atoms with Crippen LogP contribution in [0.1, 0.15) is 16.7 Å². The molecule has 0 radical (unpaired) electrons. The number of aliphatic imine (C=N–C) groups is 1. The van der Waals surface area contributed by atoms with E-state index in [4.69, 9.17) is 21.1 Å². The van der Waals surface area contributed by atoms with Gasteiger partial charge >= 0.3 is 0 Å². The van der Waals surface area contributed by atoms with Gasteiger partial charge in [-0.2, -0.15) is 0 Å². The first-order valence-electron chi connectivity index (χ1n) is 8.71. The lowest BCUT2D eigenvalue weighted by molar-refractivity contribution is 0.357. The lowest BCUT2D eigenvalue weighted by atomic mass is 10.1. The van der Waals surface area contributed by atoms with Gasteiger partial charge in [-0.3, -0.25) is 4.99 Å². The fourth-order valence-corrected chi connectivity index (χ4v) is 3.15. The minimum Gasteiger partial charge on any atom is -0.496 e. The van der Waals surface area contributed by atoms with Crippen molar-refractivity contribution >= 4 is 17.6 Å². The van der Waals surface area contributed by atoms with Gasteiger partial charge in [-0.15, -0.1) is 0 Å². The van der Waals surface area contributed by atoms with Crippen LogP contribution in [0.25, 0.3) is 0 Å². The van der Waals surface area contributed by atoms with Crippen molar-refractivity contribution in [2.75, 3.05) is 27.3 Å². The standard InChI is InChI=1S/C20H24ClN3O2/c1-22-20(24-13-16-4-5-17(21)12-19(16)25-2)23-9-7-14-3-6-18-15(11-14)8-10-26-18/h3-6,11-12H,7-10,13H2,1-2H3,(H2,22,23,24). The van der Waals surface area contributed by atoms with Crippen molar-refractivity contribution in [3.8, 4) is 11.5 Å². The summed E-state index contributed by atoms with van der Waals surface area (Å²) in [6, 6.07) is 12.0. The fourth-order valence-electron chi connectivity index (χ4n) is 2.98. The van der Waals surface area contributed by atoms with Gasteiger partial charge in [-0.25, -0.2) is 0 Å². The maximum Gasteiger partial charge on any atom is 0.191 e. The van der Waals surface area contributed by atoms with E-state index >= 15 is 0 Å². The molecule has 2 N–H and O–H groups in total. The molecule has 2 aromatic rings. The minimum absolute atomic E-state index is 0.607. The number of nitrogens with one attached hydrogen (secondary N) is 2. The lowest BCUT2D eigenvalue weighted by Crippen LogP contribution is -2.37. The number of halogens is 1. The molecular weight excluding hydrogens is 350 g/mol. The molecular formula is C20H24ClN3O2. The molecule has 5 nitrogen and oxygen atoms in total. The van der Waals surface area contributed by atoms with Crippen LogP contribution in [0.3, 0.4) is 0 Å². The average molecular weight is 374 g/mol. The number of hydrogen-bond donors (Lipinski definition) is 2. The normalized spacial score (nSPS) is 13.1. The Morgan fingerprint density at radius 2 is 2.12 bits per heavy atom. The third-order valence-electron chi connectivity index (χ3n) is 4.38. The number of fused-ring (bicyclic) bond motifs is 1. The van der Waals surface area contributed by atoms with E-state index in [0.717, 1.165) is 49.0 Å². The van der Waals surface area contributed by atoms with Crippen LogP contribution in [0, 0.1) is 0 Å². The van der Waals surface area contributed by atoms with Gasteiger partial charge < -0.3 is 20.1 Å². The van der Waals surface area contributed by atoms with Crippen LogP contribution in [-0.2, 0) is 19.4 Å². The van der Waals surface area contributed by atoms with Crippen LogP contribution in [0.5, 0.6) is 11.5 Å². The van der Waals surface area contributed by atoms with Gasteiger partial charge in [0.05, 0.1) is 13.7 Å². The Kier molecular flexibility index (Phi) is 6.23. The Bertz CT molecular complexity index is 793. The molecule has 0 unspecified atom stereocenters. The van der Waals surface area contributed by atoms with E-state index in [1.54, 1.807) is 14.2 Å². The van der Waals surface area contributed by atoms with E-state index in [1.807, 2.05) is 18.2 Å². The molecule has 1 aliphatic rings. The average Bonchev–Trinajstić information content (AvgIpc) is 3.13. The van der Waals surface area contributed by atoms with Crippen molar-refractivity contribution in [2.24, 2.45) is 4.99 Å². The van der Waals surface area contributed by atoms with Gasteiger partial charge in [0, 0.05) is 37.1 Å². The zero-order valence-electron chi connectivity index (χ0n) is 15.1. The SMILES string of the molecule is CN=C(NCCc1ccc2c(c1)CCO2)NCc1ccc(Cl)cc1OC. The number of hydrogen-bond acceptors (Lipinski definition) is 3. The lowest BCUT2D eigenvalue weighted by Gasteiger charge is -2.14. The Morgan fingerprint density at radius 3 is 2.92 bits per heavy atom. The smallest absolute Gasteiger partial charge is 0.191 e. The van der Waals surface area contributed by atoms with Crippen LogP contribution in [-0.4, -0.2) is 33.3 Å². The first-order valence-corrected chi connectivity index (χ1v) is 9.09. The van der Waals surface area contributed by atoms with E-state index in [1.165, 1.54) is 11.1 Å². The van der Waals surface area contributed by atoms with Crippen molar-refractivity contribution in [3.63, 3.8) is 0 Å². The Morgan fingerprint density at radius 1 is 1.23 bits per heavy atom. The number of guanidine groups is 1. The summed E-state index contributed by atoms with van der Waals surface area (Å²) in [5, 5.41) is 7.31. The third kappa shape index (κ3) is 4.61. The van der Waals surface area contributed by atoms with Gasteiger partial charge in [0.15, 0.2) is 5.96 Å². The highest BCUT2D eigenvalue weighted by Gasteiger charge is 2.12. The summed E-state index contributed by atoms with van der Waals surface area (Å²) in [5.41, 5.74) is 3.63. The summed E-state index contributed by atoms with van der Waals surface area (Å²) in [4.78, 5) is 4.27. The molecule has 1 aliphatic heterocycles. The maximum absolute atomic E-state index is 6.00. The molecule has 2 aromatic carbocycles. The Balaban J connectivity index is 1.49. The van der Waals surface area contributed by atoms with E-state index in [2.05, 4.69) is 33.8 Å². The minimum atomic E-state index is 0.607. The number of benzene rings is 2. The summed E-state index contributed by atoms with van der Waals surface area (Å²) in [6.07, 6.45) is 1.93. The fraction of sp³-hybridized carbons (Fsp3) is 0.350. The van der Waals surface area contributed by atoms with Crippen molar-refractivity contribution in [2.45, 2.75) is 19.4 Å². The second-order valence-corrected chi connectivity index (χ2v) is 6.54. The highest BCUT2D eigenvalue weighted by molar-refractivity contribution is 6.30. The number of nitrogens with zero attached hydrogens (tertiary/aromatic N) is 1. The zero-order valence-corrected chi connectivity index (χ0v) is 15.9. The second-order valence-electron chi connectivity index (χ2n) is 6.10. The van der Waals surface area contributed by atoms with Gasteiger partial charge in [0.1, 0.15) is 11.5 Å². The molecule has 0 aliphatic carbocycles. The van der Waals surface area contributed by atoms with Gasteiger partial charge in [-0.05, 0) is 35.7 Å². The molecule has 0 spiro atoms. The molecule has 0 fully saturated rings. The molecule has 0 aromatic heterocycles. The van der Waals surface area contributed by atoms with Gasteiger partial charge in [0.2, 0.25) is 0 Å². The maximum atomic E-state index is 6.00. The van der Waals surface area contributed by atoms with E-state index in [0.29, 0.717) is 11.6 Å². The zero-order chi connectivity index (χ0) is 18.4. The van der Waals surface area contributed by atoms with Crippen LogP contribution in [0.2, 0.25) is 5.02 Å². The Labute approximate surface area is 159 Å². The molecule has 6 heteroatoms. The first kappa shape index (κ1) is 18.4. The third-order valence-corrected chi connectivity index (χ3v) is 4.61. The van der Waals surface area contributed by atoms with Crippen LogP contribution in [0.4, 0.5) is 0 Å². The van der Waals surface area contributed by atoms with Crippen LogP contribution >= 0.6 is 11.6 Å². The van der Waals surface area contributed by atoms with E-state index in [-0.39, 0.29) is 0 Å². The number of ether oxygens (including phenoxy) is 2. The summed E-state index contributed by atoms with van der Waals surface area (Å²) in [7, 11) is 3.41. The summed E-state index contributed by atoms with van der Waals surface area (Å²) >= 11 is 6.00. The first-order chi connectivity index (χ1) is 12.7. The largest absolute Gasteiger partial charge is 0.496 e. The number of methoxy groups -OCH3 is 1. The highest BCUT2D eigenvalue weighted by atomic mass is 35.5. The van der Waals surface area contributed by atoms with Crippen molar-refractivity contribution in [1.82, 2.24) is 10.6 Å².